The number of anilines is 1. The van der Waals surface area contributed by atoms with Gasteiger partial charge in [-0.15, -0.1) is 0 Å². The quantitative estimate of drug-likeness (QED) is 0.764. The van der Waals surface area contributed by atoms with Crippen molar-refractivity contribution < 1.29 is 23.7 Å². The molecule has 10 nitrogen and oxygen atoms in total. The molecule has 29 heavy (non-hydrogen) atoms. The van der Waals surface area contributed by atoms with Crippen molar-refractivity contribution in [1.82, 2.24) is 19.5 Å². The van der Waals surface area contributed by atoms with Gasteiger partial charge in [-0.3, -0.25) is 4.57 Å². The molecule has 156 valence electrons. The van der Waals surface area contributed by atoms with E-state index < -0.39 is 36.3 Å². The van der Waals surface area contributed by atoms with Gasteiger partial charge in [0.05, 0.1) is 13.4 Å². The largest absolute Gasteiger partial charge is 0.467 e. The van der Waals surface area contributed by atoms with Gasteiger partial charge in [-0.25, -0.2) is 19.7 Å². The average Bonchev–Trinajstić information content (AvgIpc) is 3.45. The maximum absolute atomic E-state index is 12.3. The molecule has 4 heterocycles. The second-order valence-electron chi connectivity index (χ2n) is 8.21. The number of fused-ring (bicyclic) bond motifs is 2. The fraction of sp³-hybridized carbons (Fsp3) is 0.684. The Hall–Kier alpha value is -2.30. The van der Waals surface area contributed by atoms with E-state index in [0.29, 0.717) is 23.0 Å². The molecule has 0 bridgehead atoms. The first kappa shape index (κ1) is 18.7. The molecule has 3 aliphatic rings. The van der Waals surface area contributed by atoms with E-state index in [4.69, 9.17) is 18.9 Å². The first-order valence-electron chi connectivity index (χ1n) is 10.00. The van der Waals surface area contributed by atoms with Gasteiger partial charge in [-0.05, 0) is 26.7 Å². The van der Waals surface area contributed by atoms with Gasteiger partial charge in [-0.1, -0.05) is 12.8 Å². The van der Waals surface area contributed by atoms with Gasteiger partial charge in [-0.2, -0.15) is 0 Å². The van der Waals surface area contributed by atoms with Crippen LogP contribution in [0, 0.1) is 0 Å². The highest BCUT2D eigenvalue weighted by molar-refractivity contribution is 5.83. The number of esters is 1. The highest BCUT2D eigenvalue weighted by Gasteiger charge is 2.58. The highest BCUT2D eigenvalue weighted by atomic mass is 16.8. The summed E-state index contributed by atoms with van der Waals surface area (Å²) in [5.41, 5.74) is 1.28. The van der Waals surface area contributed by atoms with Crippen molar-refractivity contribution in [2.45, 2.75) is 75.9 Å². The maximum atomic E-state index is 12.3. The zero-order valence-corrected chi connectivity index (χ0v) is 16.7. The number of hydrogen-bond donors (Lipinski definition) is 1. The Balaban J connectivity index is 1.49. The van der Waals surface area contributed by atoms with Crippen molar-refractivity contribution in [2.24, 2.45) is 0 Å². The molecular weight excluding hydrogens is 378 g/mol. The summed E-state index contributed by atoms with van der Waals surface area (Å²) >= 11 is 0. The maximum Gasteiger partial charge on any atom is 0.337 e. The Morgan fingerprint density at radius 2 is 1.97 bits per heavy atom. The average molecular weight is 403 g/mol. The molecule has 0 amide bonds. The molecule has 0 spiro atoms. The number of carbonyl (C=O) groups excluding carboxylic acids is 1. The van der Waals surface area contributed by atoms with Crippen LogP contribution in [-0.2, 0) is 23.7 Å². The van der Waals surface area contributed by atoms with Crippen LogP contribution in [0.2, 0.25) is 0 Å². The highest BCUT2D eigenvalue weighted by Crippen LogP contribution is 2.44. The van der Waals surface area contributed by atoms with Crippen LogP contribution in [0.4, 0.5) is 5.82 Å². The van der Waals surface area contributed by atoms with Gasteiger partial charge < -0.3 is 24.3 Å². The fourth-order valence-electron chi connectivity index (χ4n) is 4.51. The molecule has 5 rings (SSSR count). The zero-order valence-electron chi connectivity index (χ0n) is 16.7. The summed E-state index contributed by atoms with van der Waals surface area (Å²) in [6.45, 7) is 3.63. The third kappa shape index (κ3) is 3.15. The van der Waals surface area contributed by atoms with Gasteiger partial charge in [0.2, 0.25) is 0 Å². The summed E-state index contributed by atoms with van der Waals surface area (Å²) in [6, 6.07) is 0.404. The smallest absolute Gasteiger partial charge is 0.337 e. The Morgan fingerprint density at radius 1 is 1.21 bits per heavy atom. The Labute approximate surface area is 167 Å². The number of nitrogens with zero attached hydrogens (tertiary/aromatic N) is 4. The van der Waals surface area contributed by atoms with E-state index in [-0.39, 0.29) is 0 Å². The number of imidazole rings is 1. The summed E-state index contributed by atoms with van der Waals surface area (Å²) in [5.74, 6) is -0.612. The van der Waals surface area contributed by atoms with Gasteiger partial charge in [0, 0.05) is 6.04 Å². The van der Waals surface area contributed by atoms with Crippen molar-refractivity contribution >= 4 is 23.0 Å². The fourth-order valence-corrected chi connectivity index (χ4v) is 4.51. The number of aromatic nitrogens is 4. The molecular formula is C19H25N5O5. The molecule has 10 heteroatoms. The monoisotopic (exact) mass is 403 g/mol. The molecule has 0 aromatic carbocycles. The second kappa shape index (κ2) is 6.89. The molecule has 1 aliphatic carbocycles. The topological polar surface area (TPSA) is 110 Å². The van der Waals surface area contributed by atoms with Gasteiger partial charge in [0.15, 0.2) is 35.1 Å². The van der Waals surface area contributed by atoms with Crippen molar-refractivity contribution in [1.29, 1.82) is 0 Å². The lowest BCUT2D eigenvalue weighted by Gasteiger charge is -2.24. The normalized spacial score (nSPS) is 31.3. The summed E-state index contributed by atoms with van der Waals surface area (Å²) in [7, 11) is 1.33. The first-order chi connectivity index (χ1) is 14.0. The van der Waals surface area contributed by atoms with Crippen LogP contribution in [0.25, 0.3) is 11.2 Å². The van der Waals surface area contributed by atoms with Gasteiger partial charge in [0.1, 0.15) is 18.5 Å². The third-order valence-corrected chi connectivity index (χ3v) is 5.79. The standard InChI is InChI=1S/C19H25N5O5/c1-19(2)28-12-13(29-19)17(27-14(12)18(25)26-3)24-9-22-11-15(20-8-21-16(11)24)23-10-6-4-5-7-10/h8-10,12-14,17H,4-7H2,1-3H3,(H,20,21,23)/t12-,13+,14-,17+/m0/s1. The Kier molecular flexibility index (Phi) is 4.45. The molecule has 0 unspecified atom stereocenters. The van der Waals surface area contributed by atoms with Gasteiger partial charge >= 0.3 is 5.97 Å². The van der Waals surface area contributed by atoms with Crippen molar-refractivity contribution in [2.75, 3.05) is 12.4 Å². The summed E-state index contributed by atoms with van der Waals surface area (Å²) in [4.78, 5) is 25.6. The molecule has 4 atom stereocenters. The summed E-state index contributed by atoms with van der Waals surface area (Å²) < 4.78 is 24.7. The van der Waals surface area contributed by atoms with Crippen LogP contribution in [0.3, 0.4) is 0 Å². The van der Waals surface area contributed by atoms with E-state index >= 15 is 0 Å². The Morgan fingerprint density at radius 3 is 2.72 bits per heavy atom. The van der Waals surface area contributed by atoms with E-state index in [0.717, 1.165) is 12.8 Å². The predicted octanol–water partition coefficient (Wildman–Crippen LogP) is 1.77. The van der Waals surface area contributed by atoms with E-state index in [1.54, 1.807) is 10.9 Å². The minimum absolute atomic E-state index is 0.404. The molecule has 2 saturated heterocycles. The molecule has 2 aliphatic heterocycles. The van der Waals surface area contributed by atoms with Crippen LogP contribution in [0.1, 0.15) is 45.8 Å². The molecule has 1 saturated carbocycles. The number of nitrogens with one attached hydrogen (secondary N) is 1. The number of methoxy groups -OCH3 is 1. The van der Waals surface area contributed by atoms with Gasteiger partial charge in [0.25, 0.3) is 0 Å². The van der Waals surface area contributed by atoms with Crippen LogP contribution in [-0.4, -0.2) is 62.7 Å². The lowest BCUT2D eigenvalue weighted by Crippen LogP contribution is -2.36. The second-order valence-corrected chi connectivity index (χ2v) is 8.21. The van der Waals surface area contributed by atoms with Crippen molar-refractivity contribution in [3.63, 3.8) is 0 Å². The molecule has 0 radical (unpaired) electrons. The lowest BCUT2D eigenvalue weighted by molar-refractivity contribution is -0.203. The first-order valence-corrected chi connectivity index (χ1v) is 10.00. The van der Waals surface area contributed by atoms with Crippen LogP contribution >= 0.6 is 0 Å². The summed E-state index contributed by atoms with van der Waals surface area (Å²) in [5, 5.41) is 3.49. The number of rotatable bonds is 4. The van der Waals surface area contributed by atoms with Crippen LogP contribution < -0.4 is 5.32 Å². The predicted molar refractivity (Wildman–Crippen MR) is 101 cm³/mol. The van der Waals surface area contributed by atoms with E-state index in [2.05, 4.69) is 20.3 Å². The van der Waals surface area contributed by atoms with Crippen molar-refractivity contribution in [3.05, 3.63) is 12.7 Å². The van der Waals surface area contributed by atoms with Crippen LogP contribution in [0.15, 0.2) is 12.7 Å². The molecule has 2 aromatic rings. The SMILES string of the molecule is COC(=O)[C@H]1O[C@@H](n2cnc3c(NC4CCCC4)ncnc32)[C@@H]2OC(C)(C)O[C@@H]21. The summed E-state index contributed by atoms with van der Waals surface area (Å²) in [6.07, 6.45) is 5.30. The molecule has 3 fully saturated rings. The number of ether oxygens (including phenoxy) is 4. The van der Waals surface area contributed by atoms with E-state index in [9.17, 15) is 4.79 Å². The minimum Gasteiger partial charge on any atom is -0.467 e. The third-order valence-electron chi connectivity index (χ3n) is 5.79. The lowest BCUT2D eigenvalue weighted by atomic mass is 10.1. The molecule has 1 N–H and O–H groups in total. The number of hydrogen-bond acceptors (Lipinski definition) is 9. The van der Waals surface area contributed by atoms with Crippen LogP contribution in [0.5, 0.6) is 0 Å². The minimum atomic E-state index is -0.882. The molecule has 2 aromatic heterocycles. The zero-order chi connectivity index (χ0) is 20.2. The van der Waals surface area contributed by atoms with E-state index in [1.807, 2.05) is 13.8 Å². The van der Waals surface area contributed by atoms with Crippen molar-refractivity contribution in [3.8, 4) is 0 Å². The van der Waals surface area contributed by atoms with E-state index in [1.165, 1.54) is 26.3 Å². The number of carbonyl (C=O) groups is 1. The Bertz CT molecular complexity index is 925.